The molecule has 118 valence electrons. The van der Waals surface area contributed by atoms with E-state index in [1.807, 2.05) is 30.3 Å². The van der Waals surface area contributed by atoms with E-state index in [0.717, 1.165) is 10.2 Å². The lowest BCUT2D eigenvalue weighted by Crippen LogP contribution is -2.15. The highest BCUT2D eigenvalue weighted by atomic mass is 32.1. The molecular formula is C18H12N2O3S. The number of carbonyl (C=O) groups excluding carboxylic acids is 1. The summed E-state index contributed by atoms with van der Waals surface area (Å²) in [6.07, 6.45) is 0. The number of carbonyl (C=O) groups is 1. The number of rotatable bonds is 3. The van der Waals surface area contributed by atoms with E-state index in [1.165, 1.54) is 17.4 Å². The van der Waals surface area contributed by atoms with Crippen LogP contribution in [-0.4, -0.2) is 15.4 Å². The first-order valence-corrected chi connectivity index (χ1v) is 8.16. The Bertz CT molecular complexity index is 1100. The zero-order chi connectivity index (χ0) is 16.5. The molecule has 0 N–H and O–H groups in total. The van der Waals surface area contributed by atoms with E-state index in [-0.39, 0.29) is 12.2 Å². The average Bonchev–Trinajstić information content (AvgIpc) is 2.99. The minimum absolute atomic E-state index is 0.0340. The fraction of sp³-hybridized carbons (Fsp3) is 0.0556. The Morgan fingerprint density at radius 3 is 2.67 bits per heavy atom. The molecule has 0 amide bonds. The molecule has 2 aromatic heterocycles. The van der Waals surface area contributed by atoms with E-state index in [0.29, 0.717) is 16.2 Å². The van der Waals surface area contributed by atoms with Crippen molar-refractivity contribution in [1.82, 2.24) is 9.38 Å². The van der Waals surface area contributed by atoms with Crippen molar-refractivity contribution < 1.29 is 9.53 Å². The van der Waals surface area contributed by atoms with Crippen LogP contribution in [-0.2, 0) is 11.3 Å². The van der Waals surface area contributed by atoms with Gasteiger partial charge >= 0.3 is 5.97 Å². The van der Waals surface area contributed by atoms with Gasteiger partial charge < -0.3 is 4.74 Å². The normalized spacial score (nSPS) is 11.0. The molecule has 0 unspecified atom stereocenters. The highest BCUT2D eigenvalue weighted by Gasteiger charge is 2.11. The average molecular weight is 336 g/mol. The van der Waals surface area contributed by atoms with Gasteiger partial charge in [0.15, 0.2) is 4.96 Å². The van der Waals surface area contributed by atoms with E-state index >= 15 is 0 Å². The summed E-state index contributed by atoms with van der Waals surface area (Å²) < 4.78 is 7.81. The third-order valence-corrected chi connectivity index (χ3v) is 4.63. The number of ether oxygens (including phenoxy) is 1. The van der Waals surface area contributed by atoms with Gasteiger partial charge in [0, 0.05) is 6.07 Å². The molecule has 4 rings (SSSR count). The van der Waals surface area contributed by atoms with Crippen LogP contribution in [0.1, 0.15) is 16.1 Å². The Labute approximate surface area is 140 Å². The number of fused-ring (bicyclic) bond motifs is 3. The second-order valence-corrected chi connectivity index (χ2v) is 6.22. The zero-order valence-corrected chi connectivity index (χ0v) is 13.3. The summed E-state index contributed by atoms with van der Waals surface area (Å²) in [5.41, 5.74) is 1.57. The quantitative estimate of drug-likeness (QED) is 0.539. The van der Waals surface area contributed by atoms with Gasteiger partial charge in [0.05, 0.1) is 21.5 Å². The largest absolute Gasteiger partial charge is 0.456 e. The molecule has 0 aliphatic heterocycles. The first kappa shape index (κ1) is 14.6. The number of para-hydroxylation sites is 1. The van der Waals surface area contributed by atoms with Gasteiger partial charge in [0.2, 0.25) is 0 Å². The molecule has 2 aromatic carbocycles. The summed E-state index contributed by atoms with van der Waals surface area (Å²) in [6.45, 7) is -0.0340. The maximum atomic E-state index is 12.4. The smallest absolute Gasteiger partial charge is 0.338 e. The summed E-state index contributed by atoms with van der Waals surface area (Å²) in [5, 5.41) is 0. The number of benzene rings is 2. The molecule has 0 aliphatic rings. The second kappa shape index (κ2) is 5.90. The standard InChI is InChI=1S/C18H12N2O3S/c21-16-10-13(11-23-17(22)12-6-2-1-3-7-12)19-18-20(16)14-8-4-5-9-15(14)24-18/h1-10H,11H2. The molecule has 0 atom stereocenters. The lowest BCUT2D eigenvalue weighted by atomic mass is 10.2. The van der Waals surface area contributed by atoms with Crippen LogP contribution in [0.5, 0.6) is 0 Å². The van der Waals surface area contributed by atoms with Gasteiger partial charge in [-0.25, -0.2) is 9.78 Å². The van der Waals surface area contributed by atoms with Crippen molar-refractivity contribution in [2.24, 2.45) is 0 Å². The van der Waals surface area contributed by atoms with Crippen LogP contribution in [0.2, 0.25) is 0 Å². The van der Waals surface area contributed by atoms with Crippen molar-refractivity contribution in [3.63, 3.8) is 0 Å². The van der Waals surface area contributed by atoms with Gasteiger partial charge in [-0.3, -0.25) is 9.20 Å². The summed E-state index contributed by atoms with van der Waals surface area (Å²) >= 11 is 1.43. The van der Waals surface area contributed by atoms with Crippen LogP contribution in [0.4, 0.5) is 0 Å². The van der Waals surface area contributed by atoms with E-state index in [1.54, 1.807) is 28.7 Å². The number of aromatic nitrogens is 2. The van der Waals surface area contributed by atoms with Crippen molar-refractivity contribution in [3.05, 3.63) is 82.3 Å². The van der Waals surface area contributed by atoms with Crippen LogP contribution >= 0.6 is 11.3 Å². The van der Waals surface area contributed by atoms with Crippen LogP contribution in [0.15, 0.2) is 65.5 Å². The Kier molecular flexibility index (Phi) is 3.59. The molecule has 5 nitrogen and oxygen atoms in total. The van der Waals surface area contributed by atoms with Crippen LogP contribution in [0.25, 0.3) is 15.2 Å². The van der Waals surface area contributed by atoms with E-state index < -0.39 is 5.97 Å². The van der Waals surface area contributed by atoms with Crippen molar-refractivity contribution in [2.75, 3.05) is 0 Å². The summed E-state index contributed by atoms with van der Waals surface area (Å²) in [7, 11) is 0. The molecule has 4 aromatic rings. The van der Waals surface area contributed by atoms with Crippen molar-refractivity contribution in [3.8, 4) is 0 Å². The number of hydrogen-bond acceptors (Lipinski definition) is 5. The number of esters is 1. The molecule has 0 spiro atoms. The van der Waals surface area contributed by atoms with Crippen LogP contribution in [0, 0.1) is 0 Å². The van der Waals surface area contributed by atoms with Gasteiger partial charge in [0.1, 0.15) is 6.61 Å². The fourth-order valence-electron chi connectivity index (χ4n) is 2.49. The van der Waals surface area contributed by atoms with Gasteiger partial charge in [-0.1, -0.05) is 41.7 Å². The van der Waals surface area contributed by atoms with E-state index in [9.17, 15) is 9.59 Å². The summed E-state index contributed by atoms with van der Waals surface area (Å²) in [5.74, 6) is -0.436. The molecule has 2 heterocycles. The van der Waals surface area contributed by atoms with Crippen molar-refractivity contribution in [2.45, 2.75) is 6.61 Å². The lowest BCUT2D eigenvalue weighted by Gasteiger charge is -2.04. The maximum Gasteiger partial charge on any atom is 0.338 e. The van der Waals surface area contributed by atoms with Gasteiger partial charge in [-0.05, 0) is 24.3 Å². The van der Waals surface area contributed by atoms with Gasteiger partial charge in [-0.2, -0.15) is 0 Å². The molecular weight excluding hydrogens is 324 g/mol. The van der Waals surface area contributed by atoms with Gasteiger partial charge in [0.25, 0.3) is 5.56 Å². The van der Waals surface area contributed by atoms with E-state index in [2.05, 4.69) is 4.98 Å². The van der Waals surface area contributed by atoms with Crippen molar-refractivity contribution in [1.29, 1.82) is 0 Å². The lowest BCUT2D eigenvalue weighted by molar-refractivity contribution is 0.0468. The second-order valence-electron chi connectivity index (χ2n) is 5.22. The zero-order valence-electron chi connectivity index (χ0n) is 12.5. The highest BCUT2D eigenvalue weighted by Crippen LogP contribution is 2.23. The molecule has 6 heteroatoms. The van der Waals surface area contributed by atoms with E-state index in [4.69, 9.17) is 4.74 Å². The maximum absolute atomic E-state index is 12.4. The minimum Gasteiger partial charge on any atom is -0.456 e. The Balaban J connectivity index is 1.65. The third kappa shape index (κ3) is 2.57. The summed E-state index contributed by atoms with van der Waals surface area (Å²) in [4.78, 5) is 29.4. The molecule has 0 fully saturated rings. The first-order chi connectivity index (χ1) is 11.7. The predicted molar refractivity (Wildman–Crippen MR) is 92.4 cm³/mol. The fourth-order valence-corrected chi connectivity index (χ4v) is 3.54. The Hall–Kier alpha value is -2.99. The molecule has 24 heavy (non-hydrogen) atoms. The minimum atomic E-state index is -0.436. The van der Waals surface area contributed by atoms with Crippen LogP contribution < -0.4 is 5.56 Å². The summed E-state index contributed by atoms with van der Waals surface area (Å²) in [6, 6.07) is 17.8. The molecule has 0 saturated carbocycles. The highest BCUT2D eigenvalue weighted by molar-refractivity contribution is 7.23. The topological polar surface area (TPSA) is 60.7 Å². The predicted octanol–water partition coefficient (Wildman–Crippen LogP) is 3.27. The SMILES string of the molecule is O=C(OCc1cc(=O)n2c(n1)sc1ccccc12)c1ccccc1. The third-order valence-electron chi connectivity index (χ3n) is 3.61. The molecule has 0 radical (unpaired) electrons. The Morgan fingerprint density at radius 2 is 1.83 bits per heavy atom. The Morgan fingerprint density at radius 1 is 1.08 bits per heavy atom. The monoisotopic (exact) mass is 336 g/mol. The molecule has 0 saturated heterocycles. The number of nitrogens with zero attached hydrogens (tertiary/aromatic N) is 2. The van der Waals surface area contributed by atoms with Crippen molar-refractivity contribution >= 4 is 32.5 Å². The number of hydrogen-bond donors (Lipinski definition) is 0. The first-order valence-electron chi connectivity index (χ1n) is 7.35. The van der Waals surface area contributed by atoms with Crippen LogP contribution in [0.3, 0.4) is 0 Å². The van der Waals surface area contributed by atoms with Gasteiger partial charge in [-0.15, -0.1) is 0 Å². The number of thiazole rings is 1. The molecule has 0 aliphatic carbocycles. The molecule has 0 bridgehead atoms.